The lowest BCUT2D eigenvalue weighted by atomic mass is 10.2. The van der Waals surface area contributed by atoms with E-state index in [1.165, 1.54) is 31.4 Å². The van der Waals surface area contributed by atoms with Crippen LogP contribution in [0, 0.1) is 15.9 Å². The van der Waals surface area contributed by atoms with Crippen molar-refractivity contribution >= 4 is 27.3 Å². The molecule has 0 bridgehead atoms. The van der Waals surface area contributed by atoms with Crippen LogP contribution in [-0.2, 0) is 14.8 Å². The number of amides is 1. The zero-order valence-electron chi connectivity index (χ0n) is 14.1. The minimum Gasteiger partial charge on any atom is -0.497 e. The molecular weight excluding hydrogens is 381 g/mol. The first-order valence-electron chi connectivity index (χ1n) is 7.60. The van der Waals surface area contributed by atoms with Crippen LogP contribution in [0.1, 0.15) is 6.42 Å². The van der Waals surface area contributed by atoms with Crippen molar-refractivity contribution in [2.45, 2.75) is 11.3 Å². The molecule has 11 heteroatoms. The molecule has 0 aromatic heterocycles. The SMILES string of the molecule is COc1ccc(S(=O)(=O)NCCC(=O)Nc2cc([N+](=O)[O-])ccc2F)cc1. The normalized spacial score (nSPS) is 11.0. The third-order valence-corrected chi connectivity index (χ3v) is 4.93. The fourth-order valence-electron chi connectivity index (χ4n) is 2.07. The van der Waals surface area contributed by atoms with Gasteiger partial charge in [0.1, 0.15) is 11.6 Å². The number of hydrogen-bond donors (Lipinski definition) is 2. The van der Waals surface area contributed by atoms with Crippen molar-refractivity contribution in [1.82, 2.24) is 4.72 Å². The molecule has 0 aliphatic heterocycles. The lowest BCUT2D eigenvalue weighted by Crippen LogP contribution is -2.28. The van der Waals surface area contributed by atoms with E-state index in [0.717, 1.165) is 18.2 Å². The number of ether oxygens (including phenoxy) is 1. The van der Waals surface area contributed by atoms with Crippen LogP contribution < -0.4 is 14.8 Å². The molecule has 0 aliphatic rings. The number of nitrogens with zero attached hydrogens (tertiary/aromatic N) is 1. The number of anilines is 1. The second-order valence-corrected chi connectivity index (χ2v) is 7.06. The number of halogens is 1. The Bertz CT molecular complexity index is 947. The summed E-state index contributed by atoms with van der Waals surface area (Å²) in [4.78, 5) is 21.8. The molecule has 2 aromatic carbocycles. The van der Waals surface area contributed by atoms with Gasteiger partial charge in [0.15, 0.2) is 0 Å². The molecule has 0 saturated carbocycles. The number of nitro benzene ring substituents is 1. The third-order valence-electron chi connectivity index (χ3n) is 3.45. The summed E-state index contributed by atoms with van der Waals surface area (Å²) in [5.74, 6) is -1.05. The van der Waals surface area contributed by atoms with Gasteiger partial charge in [-0.15, -0.1) is 0 Å². The molecule has 9 nitrogen and oxygen atoms in total. The van der Waals surface area contributed by atoms with Gasteiger partial charge < -0.3 is 10.1 Å². The van der Waals surface area contributed by atoms with Crippen LogP contribution in [0.3, 0.4) is 0 Å². The van der Waals surface area contributed by atoms with Crippen LogP contribution in [0.2, 0.25) is 0 Å². The maximum absolute atomic E-state index is 13.6. The van der Waals surface area contributed by atoms with Crippen LogP contribution in [-0.4, -0.2) is 32.9 Å². The largest absolute Gasteiger partial charge is 0.497 e. The molecule has 0 fully saturated rings. The molecule has 144 valence electrons. The van der Waals surface area contributed by atoms with Gasteiger partial charge in [-0.05, 0) is 30.3 Å². The van der Waals surface area contributed by atoms with Gasteiger partial charge in [0, 0.05) is 25.1 Å². The standard InChI is InChI=1S/C16H16FN3O6S/c1-26-12-3-5-13(6-4-12)27(24,25)18-9-8-16(21)19-15-10-11(20(22)23)2-7-14(15)17/h2-7,10,18H,8-9H2,1H3,(H,19,21). The highest BCUT2D eigenvalue weighted by Crippen LogP contribution is 2.21. The van der Waals surface area contributed by atoms with Crippen LogP contribution in [0.4, 0.5) is 15.8 Å². The van der Waals surface area contributed by atoms with Crippen LogP contribution in [0.5, 0.6) is 5.75 Å². The first kappa shape index (κ1) is 20.3. The van der Waals surface area contributed by atoms with Crippen LogP contribution >= 0.6 is 0 Å². The Kier molecular flexibility index (Phi) is 6.42. The lowest BCUT2D eigenvalue weighted by molar-refractivity contribution is -0.384. The van der Waals surface area contributed by atoms with Crippen LogP contribution in [0.15, 0.2) is 47.4 Å². The molecule has 0 heterocycles. The van der Waals surface area contributed by atoms with E-state index in [-0.39, 0.29) is 29.2 Å². The predicted octanol–water partition coefficient (Wildman–Crippen LogP) is 2.05. The summed E-state index contributed by atoms with van der Waals surface area (Å²) in [6.07, 6.45) is -0.294. The maximum atomic E-state index is 13.6. The molecule has 27 heavy (non-hydrogen) atoms. The minimum atomic E-state index is -3.83. The van der Waals surface area contributed by atoms with Gasteiger partial charge in [0.25, 0.3) is 5.69 Å². The molecule has 0 unspecified atom stereocenters. The fourth-order valence-corrected chi connectivity index (χ4v) is 3.10. The summed E-state index contributed by atoms with van der Waals surface area (Å²) >= 11 is 0. The van der Waals surface area contributed by atoms with E-state index < -0.39 is 26.7 Å². The Balaban J connectivity index is 1.93. The van der Waals surface area contributed by atoms with Gasteiger partial charge in [-0.2, -0.15) is 0 Å². The first-order valence-corrected chi connectivity index (χ1v) is 9.09. The second kappa shape index (κ2) is 8.56. The van der Waals surface area contributed by atoms with Crippen molar-refractivity contribution in [2.24, 2.45) is 0 Å². The third kappa shape index (κ3) is 5.46. The van der Waals surface area contributed by atoms with E-state index in [4.69, 9.17) is 4.74 Å². The Hall–Kier alpha value is -3.05. The summed E-state index contributed by atoms with van der Waals surface area (Å²) in [5.41, 5.74) is -0.737. The number of rotatable bonds is 8. The molecule has 2 aromatic rings. The fraction of sp³-hybridized carbons (Fsp3) is 0.188. The molecular formula is C16H16FN3O6S. The average molecular weight is 397 g/mol. The number of nitrogens with one attached hydrogen (secondary N) is 2. The number of hydrogen-bond acceptors (Lipinski definition) is 6. The van der Waals surface area contributed by atoms with E-state index in [2.05, 4.69) is 10.0 Å². The van der Waals surface area contributed by atoms with Crippen molar-refractivity contribution in [2.75, 3.05) is 19.0 Å². The molecule has 0 spiro atoms. The Morgan fingerprint density at radius 3 is 2.48 bits per heavy atom. The van der Waals surface area contributed by atoms with E-state index in [1.54, 1.807) is 0 Å². The van der Waals surface area contributed by atoms with Gasteiger partial charge in [-0.1, -0.05) is 0 Å². The van der Waals surface area contributed by atoms with Gasteiger partial charge >= 0.3 is 0 Å². The van der Waals surface area contributed by atoms with Crippen LogP contribution in [0.25, 0.3) is 0 Å². The number of sulfonamides is 1. The number of nitro groups is 1. The van der Waals surface area contributed by atoms with Gasteiger partial charge in [-0.25, -0.2) is 17.5 Å². The summed E-state index contributed by atoms with van der Waals surface area (Å²) in [5, 5.41) is 12.9. The molecule has 0 saturated heterocycles. The van der Waals surface area contributed by atoms with Crippen molar-refractivity contribution < 1.29 is 27.3 Å². The van der Waals surface area contributed by atoms with Crippen molar-refractivity contribution in [3.05, 3.63) is 58.4 Å². The minimum absolute atomic E-state index is 0.00608. The highest BCUT2D eigenvalue weighted by Gasteiger charge is 2.16. The lowest BCUT2D eigenvalue weighted by Gasteiger charge is -2.09. The number of methoxy groups -OCH3 is 1. The maximum Gasteiger partial charge on any atom is 0.271 e. The van der Waals surface area contributed by atoms with Crippen molar-refractivity contribution in [3.63, 3.8) is 0 Å². The Labute approximate surface area is 154 Å². The molecule has 0 atom stereocenters. The number of carbonyl (C=O) groups excluding carboxylic acids is 1. The molecule has 0 radical (unpaired) electrons. The quantitative estimate of drug-likeness (QED) is 0.518. The molecule has 0 aliphatic carbocycles. The number of benzene rings is 2. The van der Waals surface area contributed by atoms with Gasteiger partial charge in [-0.3, -0.25) is 14.9 Å². The van der Waals surface area contributed by atoms with E-state index in [0.29, 0.717) is 5.75 Å². The Morgan fingerprint density at radius 2 is 1.89 bits per heavy atom. The summed E-state index contributed by atoms with van der Waals surface area (Å²) < 4.78 is 45.1. The zero-order chi connectivity index (χ0) is 20.0. The molecule has 2 N–H and O–H groups in total. The summed E-state index contributed by atoms with van der Waals surface area (Å²) in [6, 6.07) is 8.36. The second-order valence-electron chi connectivity index (χ2n) is 5.29. The summed E-state index contributed by atoms with van der Waals surface area (Å²) in [6.45, 7) is -0.239. The van der Waals surface area contributed by atoms with Crippen molar-refractivity contribution in [1.29, 1.82) is 0 Å². The predicted molar refractivity (Wildman–Crippen MR) is 94.5 cm³/mol. The monoisotopic (exact) mass is 397 g/mol. The highest BCUT2D eigenvalue weighted by molar-refractivity contribution is 7.89. The van der Waals surface area contributed by atoms with E-state index in [1.807, 2.05) is 0 Å². The smallest absolute Gasteiger partial charge is 0.271 e. The first-order chi connectivity index (χ1) is 12.7. The molecule has 2 rings (SSSR count). The molecule has 1 amide bonds. The summed E-state index contributed by atoms with van der Waals surface area (Å²) in [7, 11) is -2.38. The average Bonchev–Trinajstić information content (AvgIpc) is 2.63. The number of non-ortho nitro benzene ring substituents is 1. The zero-order valence-corrected chi connectivity index (χ0v) is 15.0. The van der Waals surface area contributed by atoms with E-state index >= 15 is 0 Å². The topological polar surface area (TPSA) is 128 Å². The van der Waals surface area contributed by atoms with Crippen molar-refractivity contribution in [3.8, 4) is 5.75 Å². The van der Waals surface area contributed by atoms with E-state index in [9.17, 15) is 27.7 Å². The van der Waals surface area contributed by atoms with Gasteiger partial charge in [0.2, 0.25) is 15.9 Å². The Morgan fingerprint density at radius 1 is 1.22 bits per heavy atom. The number of carbonyl (C=O) groups is 1. The van der Waals surface area contributed by atoms with Gasteiger partial charge in [0.05, 0.1) is 22.6 Å². The highest BCUT2D eigenvalue weighted by atomic mass is 32.2.